The Bertz CT molecular complexity index is 1300. The van der Waals surface area contributed by atoms with Crippen LogP contribution < -0.4 is 10.2 Å². The number of halogens is 4. The summed E-state index contributed by atoms with van der Waals surface area (Å²) in [6, 6.07) is 7.80. The van der Waals surface area contributed by atoms with Gasteiger partial charge in [-0.1, -0.05) is 0 Å². The van der Waals surface area contributed by atoms with Crippen LogP contribution in [0.3, 0.4) is 0 Å². The summed E-state index contributed by atoms with van der Waals surface area (Å²) in [5, 5.41) is 13.1. The van der Waals surface area contributed by atoms with Crippen LogP contribution in [0.4, 0.5) is 29.1 Å². The first-order chi connectivity index (χ1) is 17.3. The van der Waals surface area contributed by atoms with Crippen molar-refractivity contribution in [1.82, 2.24) is 4.98 Å². The van der Waals surface area contributed by atoms with Crippen LogP contribution in [0, 0.1) is 28.7 Å². The van der Waals surface area contributed by atoms with Gasteiger partial charge >= 0.3 is 0 Å². The predicted molar refractivity (Wildman–Crippen MR) is 124 cm³/mol. The molecule has 2 N–H and O–H groups in total. The zero-order valence-electron chi connectivity index (χ0n) is 19.2. The summed E-state index contributed by atoms with van der Waals surface area (Å²) in [7, 11) is 0. The number of anilines is 2. The molecule has 0 spiro atoms. The van der Waals surface area contributed by atoms with E-state index < -0.39 is 34.6 Å². The second-order valence-corrected chi connectivity index (χ2v) is 9.24. The lowest BCUT2D eigenvalue weighted by molar-refractivity contribution is -0.130. The lowest BCUT2D eigenvalue weighted by atomic mass is 9.86. The minimum absolute atomic E-state index is 0.0229. The van der Waals surface area contributed by atoms with Crippen LogP contribution >= 0.6 is 0 Å². The van der Waals surface area contributed by atoms with Gasteiger partial charge in [-0.05, 0) is 65.9 Å². The molecule has 2 aromatic carbocycles. The number of carbonyl (C=O) groups excluding carboxylic acids is 1. The number of hydrogen-bond acceptors (Lipinski definition) is 5. The quantitative estimate of drug-likeness (QED) is 0.380. The number of nitrogens with zero attached hydrogens (tertiary/aromatic N) is 2. The molecular weight excluding hydrogens is 478 g/mol. The molecule has 1 saturated heterocycles. The first-order valence-corrected chi connectivity index (χ1v) is 11.4. The number of aliphatic hydroxyl groups excluding tert-OH is 1. The highest BCUT2D eigenvalue weighted by molar-refractivity contribution is 6.08. The minimum atomic E-state index is -1.55. The van der Waals surface area contributed by atoms with Crippen molar-refractivity contribution in [3.63, 3.8) is 0 Å². The molecule has 0 atom stereocenters. The van der Waals surface area contributed by atoms with Gasteiger partial charge in [-0.2, -0.15) is 0 Å². The van der Waals surface area contributed by atoms with Gasteiger partial charge in [0.15, 0.2) is 17.5 Å². The Labute approximate surface area is 204 Å². The van der Waals surface area contributed by atoms with E-state index in [4.69, 9.17) is 4.74 Å². The Kier molecular flexibility index (Phi) is 6.40. The summed E-state index contributed by atoms with van der Waals surface area (Å²) in [5.41, 5.74) is 1.20. The molecule has 0 saturated carbocycles. The molecule has 1 aromatic heterocycles. The third-order valence-electron chi connectivity index (χ3n) is 6.60. The SMILES string of the molecule is O=C(c1c(F)ccc2c1CCN2)N(CC1(CO)COC1)c1cc(Cc2cc(F)c(F)c(F)c2)ccn1. The lowest BCUT2D eigenvalue weighted by Gasteiger charge is -2.43. The zero-order valence-corrected chi connectivity index (χ0v) is 19.2. The van der Waals surface area contributed by atoms with E-state index in [1.54, 1.807) is 18.2 Å². The maximum Gasteiger partial charge on any atom is 0.262 e. The van der Waals surface area contributed by atoms with E-state index in [0.29, 0.717) is 29.8 Å². The highest BCUT2D eigenvalue weighted by Gasteiger charge is 2.42. The fraction of sp³-hybridized carbons (Fsp3) is 0.308. The van der Waals surface area contributed by atoms with E-state index in [9.17, 15) is 27.5 Å². The molecule has 3 aromatic rings. The molecule has 0 aliphatic carbocycles. The van der Waals surface area contributed by atoms with Crippen LogP contribution in [0.25, 0.3) is 0 Å². The fourth-order valence-corrected chi connectivity index (χ4v) is 4.61. The lowest BCUT2D eigenvalue weighted by Crippen LogP contribution is -2.55. The van der Waals surface area contributed by atoms with Gasteiger partial charge in [0.1, 0.15) is 11.6 Å². The van der Waals surface area contributed by atoms with E-state index in [1.807, 2.05) is 0 Å². The van der Waals surface area contributed by atoms with Crippen molar-refractivity contribution in [3.8, 4) is 0 Å². The van der Waals surface area contributed by atoms with E-state index in [0.717, 1.165) is 12.1 Å². The predicted octanol–water partition coefficient (Wildman–Crippen LogP) is 3.85. The number of amides is 1. The number of rotatable bonds is 7. The van der Waals surface area contributed by atoms with E-state index >= 15 is 0 Å². The number of hydrogen-bond donors (Lipinski definition) is 2. The molecule has 36 heavy (non-hydrogen) atoms. The average Bonchev–Trinajstić information content (AvgIpc) is 3.31. The standard InChI is InChI=1S/C26H23F4N3O3/c27-18-1-2-21-17(4-6-31-21)23(18)25(35)33(11-26(12-34)13-36-14-26)22-10-15(3-5-32-22)7-16-8-19(28)24(30)20(29)9-16/h1-3,5,8-10,31,34H,4,6-7,11-14H2. The Hall–Kier alpha value is -3.50. The number of ether oxygens (including phenoxy) is 1. The van der Waals surface area contributed by atoms with Crippen LogP contribution in [0.1, 0.15) is 27.0 Å². The number of benzene rings is 2. The van der Waals surface area contributed by atoms with Crippen LogP contribution in [0.15, 0.2) is 42.6 Å². The van der Waals surface area contributed by atoms with E-state index in [2.05, 4.69) is 10.3 Å². The topological polar surface area (TPSA) is 74.7 Å². The molecule has 0 unspecified atom stereocenters. The van der Waals surface area contributed by atoms with Crippen molar-refractivity contribution in [2.45, 2.75) is 12.8 Å². The molecule has 0 radical (unpaired) electrons. The van der Waals surface area contributed by atoms with Crippen LogP contribution in [-0.2, 0) is 17.6 Å². The van der Waals surface area contributed by atoms with Crippen molar-refractivity contribution in [2.75, 3.05) is 43.1 Å². The normalized spacial score (nSPS) is 15.7. The van der Waals surface area contributed by atoms with Crippen LogP contribution in [0.5, 0.6) is 0 Å². The summed E-state index contributed by atoms with van der Waals surface area (Å²) in [5.74, 6) is -5.24. The largest absolute Gasteiger partial charge is 0.396 e. The van der Waals surface area contributed by atoms with Crippen molar-refractivity contribution in [3.05, 3.63) is 88.1 Å². The van der Waals surface area contributed by atoms with Gasteiger partial charge in [-0.3, -0.25) is 9.69 Å². The fourth-order valence-electron chi connectivity index (χ4n) is 4.61. The van der Waals surface area contributed by atoms with Crippen molar-refractivity contribution < 1.29 is 32.2 Å². The Morgan fingerprint density at radius 1 is 1.06 bits per heavy atom. The number of nitrogens with one attached hydrogen (secondary N) is 1. The molecule has 188 valence electrons. The summed E-state index contributed by atoms with van der Waals surface area (Å²) in [4.78, 5) is 19.4. The average molecular weight is 501 g/mol. The minimum Gasteiger partial charge on any atom is -0.396 e. The van der Waals surface area contributed by atoms with Gasteiger partial charge in [0.25, 0.3) is 5.91 Å². The van der Waals surface area contributed by atoms with Crippen molar-refractivity contribution >= 4 is 17.4 Å². The summed E-state index contributed by atoms with van der Waals surface area (Å²) in [6.45, 7) is 0.790. The third kappa shape index (κ3) is 4.42. The monoisotopic (exact) mass is 501 g/mol. The number of aromatic nitrogens is 1. The molecule has 2 aliphatic rings. The van der Waals surface area contributed by atoms with Crippen molar-refractivity contribution in [1.29, 1.82) is 0 Å². The van der Waals surface area contributed by atoms with Crippen LogP contribution in [-0.4, -0.2) is 48.9 Å². The molecule has 10 heteroatoms. The molecule has 6 nitrogen and oxygen atoms in total. The maximum absolute atomic E-state index is 15.0. The molecular formula is C26H23F4N3O3. The maximum atomic E-state index is 15.0. The first-order valence-electron chi connectivity index (χ1n) is 11.4. The van der Waals surface area contributed by atoms with Gasteiger partial charge in [-0.25, -0.2) is 22.5 Å². The number of pyridine rings is 1. The molecule has 2 aliphatic heterocycles. The molecule has 3 heterocycles. The second kappa shape index (κ2) is 9.51. The third-order valence-corrected chi connectivity index (χ3v) is 6.60. The zero-order chi connectivity index (χ0) is 25.4. The molecule has 0 bridgehead atoms. The summed E-state index contributed by atoms with van der Waals surface area (Å²) < 4.78 is 61.0. The molecule has 1 fully saturated rings. The van der Waals surface area contributed by atoms with E-state index in [-0.39, 0.29) is 49.7 Å². The van der Waals surface area contributed by atoms with Gasteiger partial charge in [0.05, 0.1) is 30.8 Å². The highest BCUT2D eigenvalue weighted by atomic mass is 19.2. The van der Waals surface area contributed by atoms with Gasteiger partial charge in [0, 0.05) is 25.0 Å². The smallest absolute Gasteiger partial charge is 0.262 e. The number of carbonyl (C=O) groups is 1. The Morgan fingerprint density at radius 3 is 2.47 bits per heavy atom. The van der Waals surface area contributed by atoms with Crippen LogP contribution in [0.2, 0.25) is 0 Å². The molecule has 1 amide bonds. The van der Waals surface area contributed by atoms with Gasteiger partial charge < -0.3 is 15.2 Å². The number of aliphatic hydroxyl groups is 1. The van der Waals surface area contributed by atoms with E-state index in [1.165, 1.54) is 17.2 Å². The Morgan fingerprint density at radius 2 is 1.81 bits per heavy atom. The summed E-state index contributed by atoms with van der Waals surface area (Å²) >= 11 is 0. The highest BCUT2D eigenvalue weighted by Crippen LogP contribution is 2.34. The second-order valence-electron chi connectivity index (χ2n) is 9.24. The van der Waals surface area contributed by atoms with Gasteiger partial charge in [0.2, 0.25) is 0 Å². The number of fused-ring (bicyclic) bond motifs is 1. The van der Waals surface area contributed by atoms with Crippen molar-refractivity contribution in [2.24, 2.45) is 5.41 Å². The summed E-state index contributed by atoms with van der Waals surface area (Å²) in [6.07, 6.45) is 1.95. The Balaban J connectivity index is 1.52. The first kappa shape index (κ1) is 24.2. The van der Waals surface area contributed by atoms with Gasteiger partial charge in [-0.15, -0.1) is 0 Å². The molecule has 5 rings (SSSR count).